The Labute approximate surface area is 130 Å². The molecule has 2 rings (SSSR count). The maximum atomic E-state index is 11.8. The van der Waals surface area contributed by atoms with Crippen molar-refractivity contribution in [3.8, 4) is 0 Å². The molecule has 0 aromatic heterocycles. The lowest BCUT2D eigenvalue weighted by Gasteiger charge is -2.08. The number of aryl methyl sites for hydroxylation is 1. The Bertz CT molecular complexity index is 579. The van der Waals surface area contributed by atoms with Crippen molar-refractivity contribution in [2.45, 2.75) is 24.9 Å². The molecule has 2 N–H and O–H groups in total. The van der Waals surface area contributed by atoms with Crippen molar-refractivity contribution in [2.24, 2.45) is 0 Å². The highest BCUT2D eigenvalue weighted by Crippen LogP contribution is 2.14. The van der Waals surface area contributed by atoms with E-state index < -0.39 is 0 Å². The first-order chi connectivity index (χ1) is 10.2. The number of hydrogen-bond donors (Lipinski definition) is 2. The summed E-state index contributed by atoms with van der Waals surface area (Å²) in [5.41, 5.74) is 3.41. The van der Waals surface area contributed by atoms with Crippen LogP contribution in [0.2, 0.25) is 0 Å². The van der Waals surface area contributed by atoms with E-state index in [0.29, 0.717) is 13.1 Å². The van der Waals surface area contributed by atoms with Gasteiger partial charge in [0.05, 0.1) is 0 Å². The van der Waals surface area contributed by atoms with Crippen LogP contribution in [0.1, 0.15) is 16.7 Å². The molecular formula is C17H20N2OS. The van der Waals surface area contributed by atoms with Crippen LogP contribution in [0.15, 0.2) is 53.4 Å². The average molecular weight is 300 g/mol. The Kier molecular flexibility index (Phi) is 5.69. The zero-order chi connectivity index (χ0) is 15.1. The molecule has 0 spiro atoms. The summed E-state index contributed by atoms with van der Waals surface area (Å²) in [4.78, 5) is 13.0. The van der Waals surface area contributed by atoms with Crippen LogP contribution in [0.4, 0.5) is 4.79 Å². The molecule has 2 aromatic carbocycles. The maximum absolute atomic E-state index is 11.8. The standard InChI is InChI=1S/C17H20N2OS/c1-13-3-5-14(6-4-13)11-18-17(20)19-12-15-7-9-16(21-2)10-8-15/h3-10H,11-12H2,1-2H3,(H2,18,19,20). The topological polar surface area (TPSA) is 41.1 Å². The van der Waals surface area contributed by atoms with Crippen molar-refractivity contribution in [3.63, 3.8) is 0 Å². The van der Waals surface area contributed by atoms with Gasteiger partial charge in [-0.05, 0) is 36.4 Å². The Hall–Kier alpha value is -1.94. The molecule has 0 heterocycles. The molecule has 0 unspecified atom stereocenters. The number of benzene rings is 2. The number of carbonyl (C=O) groups is 1. The van der Waals surface area contributed by atoms with E-state index in [1.54, 1.807) is 11.8 Å². The van der Waals surface area contributed by atoms with Crippen molar-refractivity contribution < 1.29 is 4.79 Å². The SMILES string of the molecule is CSc1ccc(CNC(=O)NCc2ccc(C)cc2)cc1. The van der Waals surface area contributed by atoms with Gasteiger partial charge >= 0.3 is 6.03 Å². The molecule has 0 aliphatic rings. The summed E-state index contributed by atoms with van der Waals surface area (Å²) in [5.74, 6) is 0. The quantitative estimate of drug-likeness (QED) is 0.826. The predicted molar refractivity (Wildman–Crippen MR) is 88.5 cm³/mol. The number of nitrogens with one attached hydrogen (secondary N) is 2. The summed E-state index contributed by atoms with van der Waals surface area (Å²) in [6, 6.07) is 16.2. The van der Waals surface area contributed by atoms with Gasteiger partial charge in [0, 0.05) is 18.0 Å². The molecule has 21 heavy (non-hydrogen) atoms. The summed E-state index contributed by atoms with van der Waals surface area (Å²) in [6.45, 7) is 3.12. The van der Waals surface area contributed by atoms with Gasteiger partial charge < -0.3 is 10.6 Å². The van der Waals surface area contributed by atoms with E-state index in [1.807, 2.05) is 49.6 Å². The van der Waals surface area contributed by atoms with Crippen LogP contribution >= 0.6 is 11.8 Å². The van der Waals surface area contributed by atoms with Crippen LogP contribution in [0.25, 0.3) is 0 Å². The van der Waals surface area contributed by atoms with Crippen LogP contribution < -0.4 is 10.6 Å². The molecule has 3 nitrogen and oxygen atoms in total. The molecule has 0 aliphatic heterocycles. The highest BCUT2D eigenvalue weighted by Gasteiger charge is 2.01. The fourth-order valence-electron chi connectivity index (χ4n) is 1.88. The summed E-state index contributed by atoms with van der Waals surface area (Å²) < 4.78 is 0. The van der Waals surface area contributed by atoms with Gasteiger partial charge in [-0.25, -0.2) is 4.79 Å². The second-order valence-corrected chi connectivity index (χ2v) is 5.75. The van der Waals surface area contributed by atoms with Crippen molar-refractivity contribution in [2.75, 3.05) is 6.26 Å². The average Bonchev–Trinajstić information content (AvgIpc) is 2.53. The van der Waals surface area contributed by atoms with Crippen molar-refractivity contribution >= 4 is 17.8 Å². The number of urea groups is 1. The molecule has 0 saturated carbocycles. The lowest BCUT2D eigenvalue weighted by atomic mass is 10.1. The van der Waals surface area contributed by atoms with Crippen molar-refractivity contribution in [1.82, 2.24) is 10.6 Å². The lowest BCUT2D eigenvalue weighted by Crippen LogP contribution is -2.34. The fraction of sp³-hybridized carbons (Fsp3) is 0.235. The largest absolute Gasteiger partial charge is 0.334 e. The number of hydrogen-bond acceptors (Lipinski definition) is 2. The van der Waals surface area contributed by atoms with E-state index >= 15 is 0 Å². The first-order valence-corrected chi connectivity index (χ1v) is 8.10. The molecule has 0 radical (unpaired) electrons. The number of carbonyl (C=O) groups excluding carboxylic acids is 1. The smallest absolute Gasteiger partial charge is 0.315 e. The van der Waals surface area contributed by atoms with E-state index in [4.69, 9.17) is 0 Å². The van der Waals surface area contributed by atoms with Crippen LogP contribution in [0.3, 0.4) is 0 Å². The Morgan fingerprint density at radius 2 is 1.38 bits per heavy atom. The van der Waals surface area contributed by atoms with E-state index in [0.717, 1.165) is 11.1 Å². The van der Waals surface area contributed by atoms with E-state index in [1.165, 1.54) is 10.5 Å². The van der Waals surface area contributed by atoms with Gasteiger partial charge in [-0.1, -0.05) is 42.0 Å². The van der Waals surface area contributed by atoms with Gasteiger partial charge in [-0.2, -0.15) is 0 Å². The highest BCUT2D eigenvalue weighted by molar-refractivity contribution is 7.98. The van der Waals surface area contributed by atoms with Crippen LogP contribution in [0.5, 0.6) is 0 Å². The summed E-state index contributed by atoms with van der Waals surface area (Å²) in [7, 11) is 0. The summed E-state index contributed by atoms with van der Waals surface area (Å²) >= 11 is 1.71. The van der Waals surface area contributed by atoms with Gasteiger partial charge in [0.1, 0.15) is 0 Å². The van der Waals surface area contributed by atoms with Gasteiger partial charge in [-0.3, -0.25) is 0 Å². The van der Waals surface area contributed by atoms with E-state index in [9.17, 15) is 4.79 Å². The minimum atomic E-state index is -0.149. The van der Waals surface area contributed by atoms with Crippen LogP contribution in [0, 0.1) is 6.92 Å². The second-order valence-electron chi connectivity index (χ2n) is 4.87. The number of thioether (sulfide) groups is 1. The third-order valence-electron chi connectivity index (χ3n) is 3.19. The molecule has 0 bridgehead atoms. The molecule has 0 atom stereocenters. The third kappa shape index (κ3) is 5.16. The van der Waals surface area contributed by atoms with E-state index in [2.05, 4.69) is 22.8 Å². The van der Waals surface area contributed by atoms with Gasteiger partial charge in [-0.15, -0.1) is 11.8 Å². The first kappa shape index (κ1) is 15.4. The number of amides is 2. The summed E-state index contributed by atoms with van der Waals surface area (Å²) in [6.07, 6.45) is 2.05. The maximum Gasteiger partial charge on any atom is 0.315 e. The molecule has 0 fully saturated rings. The van der Waals surface area contributed by atoms with E-state index in [-0.39, 0.29) is 6.03 Å². The molecule has 2 aromatic rings. The predicted octanol–water partition coefficient (Wildman–Crippen LogP) is 3.72. The fourth-order valence-corrected chi connectivity index (χ4v) is 2.28. The second kappa shape index (κ2) is 7.74. The zero-order valence-corrected chi connectivity index (χ0v) is 13.2. The molecule has 110 valence electrons. The lowest BCUT2D eigenvalue weighted by molar-refractivity contribution is 0.240. The zero-order valence-electron chi connectivity index (χ0n) is 12.3. The first-order valence-electron chi connectivity index (χ1n) is 6.87. The van der Waals surface area contributed by atoms with Gasteiger partial charge in [0.25, 0.3) is 0 Å². The monoisotopic (exact) mass is 300 g/mol. The molecule has 0 aliphatic carbocycles. The third-order valence-corrected chi connectivity index (χ3v) is 3.93. The van der Waals surface area contributed by atoms with Crippen molar-refractivity contribution in [3.05, 3.63) is 65.2 Å². The van der Waals surface area contributed by atoms with Crippen LogP contribution in [-0.4, -0.2) is 12.3 Å². The minimum Gasteiger partial charge on any atom is -0.334 e. The Morgan fingerprint density at radius 3 is 1.86 bits per heavy atom. The van der Waals surface area contributed by atoms with Gasteiger partial charge in [0.2, 0.25) is 0 Å². The van der Waals surface area contributed by atoms with Crippen LogP contribution in [-0.2, 0) is 13.1 Å². The highest BCUT2D eigenvalue weighted by atomic mass is 32.2. The molecular weight excluding hydrogens is 280 g/mol. The Morgan fingerprint density at radius 1 is 0.905 bits per heavy atom. The Balaban J connectivity index is 1.75. The van der Waals surface area contributed by atoms with Crippen molar-refractivity contribution in [1.29, 1.82) is 0 Å². The molecule has 0 saturated heterocycles. The minimum absolute atomic E-state index is 0.149. The number of rotatable bonds is 5. The molecule has 4 heteroatoms. The molecule has 2 amide bonds. The summed E-state index contributed by atoms with van der Waals surface area (Å²) in [5, 5.41) is 5.72. The normalized spacial score (nSPS) is 10.2. The van der Waals surface area contributed by atoms with Gasteiger partial charge in [0.15, 0.2) is 0 Å².